The van der Waals surface area contributed by atoms with Crippen molar-refractivity contribution in [1.82, 2.24) is 0 Å². The van der Waals surface area contributed by atoms with Crippen molar-refractivity contribution in [3.05, 3.63) is 29.3 Å². The van der Waals surface area contributed by atoms with E-state index >= 15 is 0 Å². The lowest BCUT2D eigenvalue weighted by Crippen LogP contribution is -2.28. The summed E-state index contributed by atoms with van der Waals surface area (Å²) in [6, 6.07) is 5.70. The molecule has 1 aromatic carbocycles. The molecule has 0 saturated heterocycles. The van der Waals surface area contributed by atoms with E-state index in [1.54, 1.807) is 0 Å². The SMILES string of the molecule is CCOc1ccc2c(c1)CC(N)C2OCC(=O)OC. The molecule has 0 heterocycles. The van der Waals surface area contributed by atoms with Crippen molar-refractivity contribution in [2.45, 2.75) is 25.5 Å². The maximum absolute atomic E-state index is 11.1. The van der Waals surface area contributed by atoms with E-state index in [-0.39, 0.29) is 18.8 Å². The van der Waals surface area contributed by atoms with Gasteiger partial charge in [-0.15, -0.1) is 0 Å². The smallest absolute Gasteiger partial charge is 0.331 e. The zero-order valence-electron chi connectivity index (χ0n) is 11.2. The minimum absolute atomic E-state index is 0.0818. The van der Waals surface area contributed by atoms with E-state index < -0.39 is 5.97 Å². The Morgan fingerprint density at radius 2 is 2.26 bits per heavy atom. The third-order valence-corrected chi connectivity index (χ3v) is 3.18. The molecule has 104 valence electrons. The molecule has 19 heavy (non-hydrogen) atoms. The van der Waals surface area contributed by atoms with E-state index in [0.29, 0.717) is 6.61 Å². The summed E-state index contributed by atoms with van der Waals surface area (Å²) in [6.07, 6.45) is 0.465. The highest BCUT2D eigenvalue weighted by atomic mass is 16.6. The van der Waals surface area contributed by atoms with Gasteiger partial charge >= 0.3 is 5.97 Å². The predicted octanol–water partition coefficient (Wildman–Crippen LogP) is 1.20. The first kappa shape index (κ1) is 13.8. The summed E-state index contributed by atoms with van der Waals surface area (Å²) in [5, 5.41) is 0. The molecule has 2 N–H and O–H groups in total. The molecule has 5 nitrogen and oxygen atoms in total. The molecule has 0 radical (unpaired) electrons. The molecule has 0 aliphatic heterocycles. The molecule has 5 heteroatoms. The Hall–Kier alpha value is -1.59. The van der Waals surface area contributed by atoms with Crippen molar-refractivity contribution >= 4 is 5.97 Å². The first-order valence-electron chi connectivity index (χ1n) is 6.35. The van der Waals surface area contributed by atoms with Crippen LogP contribution in [0.25, 0.3) is 0 Å². The molecule has 0 spiro atoms. The van der Waals surface area contributed by atoms with Gasteiger partial charge in [0.15, 0.2) is 0 Å². The molecule has 0 bridgehead atoms. The van der Waals surface area contributed by atoms with Gasteiger partial charge in [0.2, 0.25) is 0 Å². The summed E-state index contributed by atoms with van der Waals surface area (Å²) in [4.78, 5) is 11.1. The molecule has 1 aliphatic rings. The maximum atomic E-state index is 11.1. The van der Waals surface area contributed by atoms with E-state index in [9.17, 15) is 4.79 Å². The van der Waals surface area contributed by atoms with Gasteiger partial charge in [-0.1, -0.05) is 6.07 Å². The fourth-order valence-corrected chi connectivity index (χ4v) is 2.31. The normalized spacial score (nSPS) is 21.0. The number of carbonyl (C=O) groups is 1. The van der Waals surface area contributed by atoms with Gasteiger partial charge in [-0.2, -0.15) is 0 Å². The van der Waals surface area contributed by atoms with Crippen LogP contribution in [-0.4, -0.2) is 32.3 Å². The van der Waals surface area contributed by atoms with Gasteiger partial charge in [0.05, 0.1) is 19.8 Å². The Labute approximate surface area is 112 Å². The number of hydrogen-bond donors (Lipinski definition) is 1. The summed E-state index contributed by atoms with van der Waals surface area (Å²) in [7, 11) is 1.34. The van der Waals surface area contributed by atoms with Crippen LogP contribution in [0.3, 0.4) is 0 Å². The summed E-state index contributed by atoms with van der Waals surface area (Å²) >= 11 is 0. The Morgan fingerprint density at radius 3 is 2.95 bits per heavy atom. The third-order valence-electron chi connectivity index (χ3n) is 3.18. The third kappa shape index (κ3) is 3.05. The fourth-order valence-electron chi connectivity index (χ4n) is 2.31. The number of esters is 1. The van der Waals surface area contributed by atoms with Crippen LogP contribution < -0.4 is 10.5 Å². The molecule has 1 aliphatic carbocycles. The van der Waals surface area contributed by atoms with Crippen LogP contribution in [0.5, 0.6) is 5.75 Å². The summed E-state index contributed by atoms with van der Waals surface area (Å²) in [5.41, 5.74) is 8.21. The Balaban J connectivity index is 2.10. The van der Waals surface area contributed by atoms with Gasteiger partial charge in [-0.05, 0) is 36.6 Å². The number of methoxy groups -OCH3 is 1. The fraction of sp³-hybridized carbons (Fsp3) is 0.500. The van der Waals surface area contributed by atoms with Crippen LogP contribution in [0, 0.1) is 0 Å². The highest BCUT2D eigenvalue weighted by Crippen LogP contribution is 2.35. The predicted molar refractivity (Wildman–Crippen MR) is 70.0 cm³/mol. The van der Waals surface area contributed by atoms with Crippen molar-refractivity contribution in [1.29, 1.82) is 0 Å². The van der Waals surface area contributed by atoms with Gasteiger partial charge in [0.25, 0.3) is 0 Å². The molecular weight excluding hydrogens is 246 g/mol. The molecule has 0 saturated carbocycles. The second-order valence-corrected chi connectivity index (χ2v) is 4.47. The highest BCUT2D eigenvalue weighted by molar-refractivity contribution is 5.70. The zero-order valence-corrected chi connectivity index (χ0v) is 11.2. The van der Waals surface area contributed by atoms with Crippen molar-refractivity contribution in [3.8, 4) is 5.75 Å². The van der Waals surface area contributed by atoms with E-state index in [0.717, 1.165) is 23.3 Å². The van der Waals surface area contributed by atoms with Crippen LogP contribution >= 0.6 is 0 Å². The van der Waals surface area contributed by atoms with Crippen LogP contribution in [0.2, 0.25) is 0 Å². The molecule has 0 amide bonds. The van der Waals surface area contributed by atoms with E-state index in [1.165, 1.54) is 7.11 Å². The van der Waals surface area contributed by atoms with E-state index in [1.807, 2.05) is 25.1 Å². The minimum Gasteiger partial charge on any atom is -0.494 e. The monoisotopic (exact) mass is 265 g/mol. The Bertz CT molecular complexity index is 461. The van der Waals surface area contributed by atoms with Crippen LogP contribution in [-0.2, 0) is 20.7 Å². The van der Waals surface area contributed by atoms with Crippen molar-refractivity contribution in [3.63, 3.8) is 0 Å². The lowest BCUT2D eigenvalue weighted by atomic mass is 10.1. The average molecular weight is 265 g/mol. The highest BCUT2D eigenvalue weighted by Gasteiger charge is 2.31. The van der Waals surface area contributed by atoms with Gasteiger partial charge in [-0.25, -0.2) is 4.79 Å². The van der Waals surface area contributed by atoms with Gasteiger partial charge in [0.1, 0.15) is 12.4 Å². The standard InChI is InChI=1S/C14H19NO4/c1-3-18-10-4-5-11-9(6-10)7-12(15)14(11)19-8-13(16)17-2/h4-6,12,14H,3,7-8,15H2,1-2H3. The topological polar surface area (TPSA) is 70.8 Å². The molecule has 0 aromatic heterocycles. The minimum atomic E-state index is -0.397. The lowest BCUT2D eigenvalue weighted by molar-refractivity contribution is -0.148. The molecule has 2 atom stereocenters. The van der Waals surface area contributed by atoms with E-state index in [2.05, 4.69) is 4.74 Å². The Morgan fingerprint density at radius 1 is 1.47 bits per heavy atom. The van der Waals surface area contributed by atoms with Crippen molar-refractivity contribution < 1.29 is 19.0 Å². The van der Waals surface area contributed by atoms with Crippen molar-refractivity contribution in [2.75, 3.05) is 20.3 Å². The number of rotatable bonds is 5. The number of benzene rings is 1. The van der Waals surface area contributed by atoms with Gasteiger partial charge in [-0.3, -0.25) is 0 Å². The summed E-state index contributed by atoms with van der Waals surface area (Å²) < 4.78 is 15.6. The number of hydrogen-bond acceptors (Lipinski definition) is 5. The largest absolute Gasteiger partial charge is 0.494 e. The van der Waals surface area contributed by atoms with Crippen LogP contribution in [0.4, 0.5) is 0 Å². The Kier molecular flexibility index (Phi) is 4.39. The number of fused-ring (bicyclic) bond motifs is 1. The molecule has 1 aromatic rings. The first-order valence-corrected chi connectivity index (χ1v) is 6.35. The van der Waals surface area contributed by atoms with Crippen molar-refractivity contribution in [2.24, 2.45) is 5.73 Å². The summed E-state index contributed by atoms with van der Waals surface area (Å²) in [6.45, 7) is 2.50. The average Bonchev–Trinajstić information content (AvgIpc) is 2.71. The summed E-state index contributed by atoms with van der Waals surface area (Å²) in [5.74, 6) is 0.439. The second kappa shape index (κ2) is 6.04. The van der Waals surface area contributed by atoms with E-state index in [4.69, 9.17) is 15.2 Å². The second-order valence-electron chi connectivity index (χ2n) is 4.47. The molecule has 2 rings (SSSR count). The molecular formula is C14H19NO4. The molecule has 2 unspecified atom stereocenters. The first-order chi connectivity index (χ1) is 9.15. The number of nitrogens with two attached hydrogens (primary N) is 1. The molecule has 0 fully saturated rings. The lowest BCUT2D eigenvalue weighted by Gasteiger charge is -2.17. The number of ether oxygens (including phenoxy) is 3. The van der Waals surface area contributed by atoms with Crippen LogP contribution in [0.1, 0.15) is 24.2 Å². The van der Waals surface area contributed by atoms with Gasteiger partial charge < -0.3 is 19.9 Å². The van der Waals surface area contributed by atoms with Gasteiger partial charge in [0, 0.05) is 6.04 Å². The number of carbonyl (C=O) groups excluding carboxylic acids is 1. The quantitative estimate of drug-likeness (QED) is 0.810. The zero-order chi connectivity index (χ0) is 13.8. The maximum Gasteiger partial charge on any atom is 0.331 e. The van der Waals surface area contributed by atoms with Crippen LogP contribution in [0.15, 0.2) is 18.2 Å².